The van der Waals surface area contributed by atoms with E-state index in [2.05, 4.69) is 15.6 Å². The predicted octanol–water partition coefficient (Wildman–Crippen LogP) is 3.94. The van der Waals surface area contributed by atoms with E-state index in [1.165, 1.54) is 12.1 Å². The van der Waals surface area contributed by atoms with Crippen molar-refractivity contribution in [2.75, 3.05) is 22.8 Å². The lowest BCUT2D eigenvalue weighted by Crippen LogP contribution is -2.23. The summed E-state index contributed by atoms with van der Waals surface area (Å²) in [6.45, 7) is 3.43. The number of anilines is 2. The molecule has 0 unspecified atom stereocenters. The third-order valence-electron chi connectivity index (χ3n) is 4.16. The zero-order valence-electron chi connectivity index (χ0n) is 18.4. The third-order valence-corrected chi connectivity index (χ3v) is 4.73. The van der Waals surface area contributed by atoms with Crippen LogP contribution in [0.3, 0.4) is 0 Å². The number of nitrogens with zero attached hydrogens (tertiary/aromatic N) is 1. The van der Waals surface area contributed by atoms with E-state index in [0.717, 1.165) is 30.5 Å². The predicted molar refractivity (Wildman–Crippen MR) is 119 cm³/mol. The van der Waals surface area contributed by atoms with Gasteiger partial charge in [-0.15, -0.1) is 0 Å². The molecule has 0 bridgehead atoms. The van der Waals surface area contributed by atoms with Crippen LogP contribution in [-0.4, -0.2) is 38.2 Å². The number of benzene rings is 1. The highest BCUT2D eigenvalue weighted by Crippen LogP contribution is 2.30. The van der Waals surface area contributed by atoms with Gasteiger partial charge in [-0.3, -0.25) is 9.52 Å². The van der Waals surface area contributed by atoms with E-state index in [-0.39, 0.29) is 36.0 Å². The van der Waals surface area contributed by atoms with E-state index in [0.29, 0.717) is 0 Å². The van der Waals surface area contributed by atoms with Gasteiger partial charge in [-0.2, -0.15) is 13.2 Å². The smallest absolute Gasteiger partial charge is 0.367 e. The van der Waals surface area contributed by atoms with E-state index in [1.54, 1.807) is 18.6 Å². The summed E-state index contributed by atoms with van der Waals surface area (Å²) in [7, 11) is -3.87. The van der Waals surface area contributed by atoms with Crippen molar-refractivity contribution in [1.29, 1.82) is 0 Å². The standard InChI is InChI=1S/C21H23F5N4O3S/c1-12(2)28-20-14(4-6-17(29-20)21(24,25)26)5-7-18(31)27-9-8-13-10-15(22)19(16(23)11-13)30-34(3,32)33/h4-7,10-12,30H,8-9H2,1-3H3,(H,27,31)(H,28,29). The lowest BCUT2D eigenvalue weighted by molar-refractivity contribution is -0.141. The second kappa shape index (κ2) is 10.8. The average Bonchev–Trinajstić information content (AvgIpc) is 2.68. The highest BCUT2D eigenvalue weighted by molar-refractivity contribution is 7.92. The first-order chi connectivity index (χ1) is 15.7. The van der Waals surface area contributed by atoms with Gasteiger partial charge in [-0.25, -0.2) is 22.2 Å². The summed E-state index contributed by atoms with van der Waals surface area (Å²) in [6.07, 6.45) is -1.45. The number of carbonyl (C=O) groups is 1. The van der Waals surface area contributed by atoms with Crippen LogP contribution in [0.25, 0.3) is 6.08 Å². The van der Waals surface area contributed by atoms with Gasteiger partial charge in [0.2, 0.25) is 15.9 Å². The maximum Gasteiger partial charge on any atom is 0.433 e. The molecule has 34 heavy (non-hydrogen) atoms. The summed E-state index contributed by atoms with van der Waals surface area (Å²) >= 11 is 0. The van der Waals surface area contributed by atoms with Crippen LogP contribution in [0.5, 0.6) is 0 Å². The van der Waals surface area contributed by atoms with Crippen LogP contribution in [0.15, 0.2) is 30.3 Å². The summed E-state index contributed by atoms with van der Waals surface area (Å²) < 4.78 is 90.9. The molecule has 0 aliphatic heterocycles. The Balaban J connectivity index is 2.04. The van der Waals surface area contributed by atoms with Gasteiger partial charge < -0.3 is 10.6 Å². The molecule has 0 fully saturated rings. The minimum absolute atomic E-state index is 0.0106. The van der Waals surface area contributed by atoms with Crippen molar-refractivity contribution in [2.24, 2.45) is 0 Å². The Labute approximate surface area is 193 Å². The van der Waals surface area contributed by atoms with Crippen molar-refractivity contribution in [3.63, 3.8) is 0 Å². The summed E-state index contributed by atoms with van der Waals surface area (Å²) in [5, 5.41) is 5.28. The molecule has 7 nitrogen and oxygen atoms in total. The molecule has 0 saturated carbocycles. The normalized spacial score (nSPS) is 12.3. The van der Waals surface area contributed by atoms with Crippen molar-refractivity contribution in [2.45, 2.75) is 32.5 Å². The number of hydrogen-bond acceptors (Lipinski definition) is 5. The quantitative estimate of drug-likeness (QED) is 0.353. The number of rotatable bonds is 9. The molecule has 0 saturated heterocycles. The van der Waals surface area contributed by atoms with Crippen LogP contribution in [0, 0.1) is 11.6 Å². The number of alkyl halides is 3. The lowest BCUT2D eigenvalue weighted by Gasteiger charge is -2.14. The first kappa shape index (κ1) is 27.0. The number of sulfonamides is 1. The first-order valence-corrected chi connectivity index (χ1v) is 11.8. The fraction of sp³-hybridized carbons (Fsp3) is 0.333. The molecule has 0 spiro atoms. The van der Waals surface area contributed by atoms with E-state index in [9.17, 15) is 35.2 Å². The van der Waals surface area contributed by atoms with Crippen molar-refractivity contribution in [3.8, 4) is 0 Å². The topological polar surface area (TPSA) is 100 Å². The molecular formula is C21H23F5N4O3S. The molecule has 2 aromatic rings. The van der Waals surface area contributed by atoms with Crippen LogP contribution in [0.2, 0.25) is 0 Å². The van der Waals surface area contributed by atoms with Gasteiger partial charge in [-0.05, 0) is 56.2 Å². The van der Waals surface area contributed by atoms with Gasteiger partial charge >= 0.3 is 6.18 Å². The molecule has 0 aliphatic rings. The number of pyridine rings is 1. The van der Waals surface area contributed by atoms with Crippen molar-refractivity contribution >= 4 is 33.5 Å². The van der Waals surface area contributed by atoms with Crippen molar-refractivity contribution in [1.82, 2.24) is 10.3 Å². The average molecular weight is 506 g/mol. The fourth-order valence-electron chi connectivity index (χ4n) is 2.76. The SMILES string of the molecule is CC(C)Nc1nc(C(F)(F)F)ccc1C=CC(=O)NCCc1cc(F)c(NS(C)(=O)=O)c(F)c1. The Bertz CT molecular complexity index is 1160. The van der Waals surface area contributed by atoms with Gasteiger partial charge in [0.1, 0.15) is 17.2 Å². The van der Waals surface area contributed by atoms with E-state index in [1.807, 2.05) is 0 Å². The van der Waals surface area contributed by atoms with Crippen LogP contribution >= 0.6 is 0 Å². The fourth-order valence-corrected chi connectivity index (χ4v) is 3.32. The number of hydrogen-bond donors (Lipinski definition) is 3. The van der Waals surface area contributed by atoms with Crippen LogP contribution < -0.4 is 15.4 Å². The minimum Gasteiger partial charge on any atom is -0.367 e. The first-order valence-electron chi connectivity index (χ1n) is 9.92. The molecule has 13 heteroatoms. The van der Waals surface area contributed by atoms with Crippen molar-refractivity contribution in [3.05, 3.63) is 58.8 Å². The summed E-state index contributed by atoms with van der Waals surface area (Å²) in [5.74, 6) is -2.84. The summed E-state index contributed by atoms with van der Waals surface area (Å²) in [6, 6.07) is 3.65. The summed E-state index contributed by atoms with van der Waals surface area (Å²) in [4.78, 5) is 15.6. The summed E-state index contributed by atoms with van der Waals surface area (Å²) in [5.41, 5.74) is -1.44. The molecule has 1 heterocycles. The van der Waals surface area contributed by atoms with Crippen LogP contribution in [0.1, 0.15) is 30.7 Å². The Morgan fingerprint density at radius 2 is 1.76 bits per heavy atom. The highest BCUT2D eigenvalue weighted by atomic mass is 32.2. The molecule has 186 valence electrons. The Morgan fingerprint density at radius 1 is 1.15 bits per heavy atom. The van der Waals surface area contributed by atoms with E-state index < -0.39 is 45.1 Å². The Kier molecular flexibility index (Phi) is 8.59. The Hall–Kier alpha value is -3.22. The number of aromatic nitrogens is 1. The van der Waals surface area contributed by atoms with Crippen LogP contribution in [0.4, 0.5) is 33.5 Å². The maximum atomic E-state index is 14.0. The minimum atomic E-state index is -4.62. The second-order valence-corrected chi connectivity index (χ2v) is 9.36. The number of nitrogens with one attached hydrogen (secondary N) is 3. The molecule has 0 aliphatic carbocycles. The molecule has 3 N–H and O–H groups in total. The van der Waals surface area contributed by atoms with E-state index in [4.69, 9.17) is 0 Å². The van der Waals surface area contributed by atoms with Crippen molar-refractivity contribution < 1.29 is 35.2 Å². The molecule has 1 aromatic carbocycles. The lowest BCUT2D eigenvalue weighted by atomic mass is 10.1. The molecule has 0 radical (unpaired) electrons. The van der Waals surface area contributed by atoms with Crippen LogP contribution in [-0.2, 0) is 27.4 Å². The maximum absolute atomic E-state index is 14.0. The Morgan fingerprint density at radius 3 is 2.29 bits per heavy atom. The van der Waals surface area contributed by atoms with Gasteiger partial charge in [0.15, 0.2) is 11.6 Å². The van der Waals surface area contributed by atoms with Gasteiger partial charge in [-0.1, -0.05) is 0 Å². The van der Waals surface area contributed by atoms with Gasteiger partial charge in [0.05, 0.1) is 6.26 Å². The molecular weight excluding hydrogens is 483 g/mol. The largest absolute Gasteiger partial charge is 0.433 e. The van der Waals surface area contributed by atoms with Gasteiger partial charge in [0.25, 0.3) is 0 Å². The zero-order chi connectivity index (χ0) is 25.7. The molecule has 0 atom stereocenters. The van der Waals surface area contributed by atoms with Gasteiger partial charge in [0, 0.05) is 24.2 Å². The third kappa shape index (κ3) is 8.28. The zero-order valence-corrected chi connectivity index (χ0v) is 19.2. The molecule has 2 rings (SSSR count). The number of halogens is 5. The second-order valence-electron chi connectivity index (χ2n) is 7.61. The number of carbonyl (C=O) groups excluding carboxylic acids is 1. The highest BCUT2D eigenvalue weighted by Gasteiger charge is 2.33. The molecule has 1 amide bonds. The van der Waals surface area contributed by atoms with E-state index >= 15 is 0 Å². The molecule has 1 aromatic heterocycles. The monoisotopic (exact) mass is 506 g/mol. The number of amides is 1.